The zero-order valence-electron chi connectivity index (χ0n) is 13.9. The van der Waals surface area contributed by atoms with E-state index in [0.29, 0.717) is 18.5 Å². The Morgan fingerprint density at radius 2 is 2.04 bits per heavy atom. The zero-order chi connectivity index (χ0) is 17.2. The lowest BCUT2D eigenvalue weighted by molar-refractivity contribution is 0.496. The molecular weight excluding hydrogens is 314 g/mol. The van der Waals surface area contributed by atoms with E-state index in [1.54, 1.807) is 6.20 Å². The molecule has 4 aromatic rings. The molecule has 1 atom stereocenters. The van der Waals surface area contributed by atoms with Crippen LogP contribution in [0.1, 0.15) is 18.5 Å². The smallest absolute Gasteiger partial charge is 0.274 e. The number of benzene rings is 2. The molecular formula is C19H19N5O. The highest BCUT2D eigenvalue weighted by Crippen LogP contribution is 2.18. The number of nitrogens with one attached hydrogen (secondary N) is 2. The standard InChI is InChI=1S/C19H19N5O/c1-13(14-6-7-18-16(10-14)11-21-23-18)20-8-9-24-19(25)17-5-3-2-4-15(17)12-22-24/h2-7,10-13,20H,8-9H2,1H3,(H,21,23). The fourth-order valence-electron chi connectivity index (χ4n) is 3.02. The summed E-state index contributed by atoms with van der Waals surface area (Å²) >= 11 is 0. The van der Waals surface area contributed by atoms with Gasteiger partial charge in [0.1, 0.15) is 0 Å². The highest BCUT2D eigenvalue weighted by Gasteiger charge is 2.08. The van der Waals surface area contributed by atoms with E-state index < -0.39 is 0 Å². The quantitative estimate of drug-likeness (QED) is 0.589. The Hall–Kier alpha value is -2.99. The van der Waals surface area contributed by atoms with Crippen molar-refractivity contribution in [1.29, 1.82) is 0 Å². The monoisotopic (exact) mass is 333 g/mol. The maximum Gasteiger partial charge on any atom is 0.274 e. The second-order valence-corrected chi connectivity index (χ2v) is 6.15. The van der Waals surface area contributed by atoms with Gasteiger partial charge in [-0.2, -0.15) is 10.2 Å². The predicted octanol–water partition coefficient (Wildman–Crippen LogP) is 2.62. The van der Waals surface area contributed by atoms with Crippen LogP contribution in [-0.2, 0) is 6.54 Å². The molecule has 0 radical (unpaired) electrons. The van der Waals surface area contributed by atoms with Crippen LogP contribution in [0, 0.1) is 0 Å². The molecule has 0 aliphatic carbocycles. The molecule has 0 bridgehead atoms. The number of hydrogen-bond donors (Lipinski definition) is 2. The van der Waals surface area contributed by atoms with Gasteiger partial charge in [-0.1, -0.05) is 24.3 Å². The normalized spacial score (nSPS) is 12.7. The molecule has 6 heteroatoms. The minimum Gasteiger partial charge on any atom is -0.308 e. The molecule has 0 saturated carbocycles. The molecule has 0 fully saturated rings. The molecule has 25 heavy (non-hydrogen) atoms. The van der Waals surface area contributed by atoms with Gasteiger partial charge in [-0.05, 0) is 30.7 Å². The Labute approximate surface area is 144 Å². The summed E-state index contributed by atoms with van der Waals surface area (Å²) in [5.74, 6) is 0. The van der Waals surface area contributed by atoms with Crippen LogP contribution in [0.3, 0.4) is 0 Å². The van der Waals surface area contributed by atoms with E-state index in [0.717, 1.165) is 16.3 Å². The summed E-state index contributed by atoms with van der Waals surface area (Å²) < 4.78 is 1.52. The van der Waals surface area contributed by atoms with E-state index in [1.807, 2.05) is 36.5 Å². The van der Waals surface area contributed by atoms with E-state index in [1.165, 1.54) is 10.2 Å². The Kier molecular flexibility index (Phi) is 4.03. The molecule has 0 aliphatic heterocycles. The summed E-state index contributed by atoms with van der Waals surface area (Å²) in [6.45, 7) is 3.30. The van der Waals surface area contributed by atoms with Gasteiger partial charge in [0.25, 0.3) is 5.56 Å². The van der Waals surface area contributed by atoms with E-state index >= 15 is 0 Å². The number of aromatic nitrogens is 4. The first-order valence-electron chi connectivity index (χ1n) is 8.33. The van der Waals surface area contributed by atoms with Gasteiger partial charge in [-0.15, -0.1) is 0 Å². The first kappa shape index (κ1) is 15.5. The van der Waals surface area contributed by atoms with Crippen LogP contribution >= 0.6 is 0 Å². The lowest BCUT2D eigenvalue weighted by Crippen LogP contribution is -2.30. The van der Waals surface area contributed by atoms with Gasteiger partial charge >= 0.3 is 0 Å². The average Bonchev–Trinajstić information content (AvgIpc) is 3.11. The second kappa shape index (κ2) is 6.49. The molecule has 4 rings (SSSR count). The van der Waals surface area contributed by atoms with E-state index in [-0.39, 0.29) is 11.6 Å². The Bertz CT molecular complexity index is 1080. The van der Waals surface area contributed by atoms with E-state index in [4.69, 9.17) is 0 Å². The third-order valence-electron chi connectivity index (χ3n) is 4.50. The minimum absolute atomic E-state index is 0.0487. The number of nitrogens with zero attached hydrogens (tertiary/aromatic N) is 3. The maximum absolute atomic E-state index is 12.5. The van der Waals surface area contributed by atoms with Crippen LogP contribution < -0.4 is 10.9 Å². The molecule has 1 unspecified atom stereocenters. The molecule has 2 N–H and O–H groups in total. The van der Waals surface area contributed by atoms with Gasteiger partial charge in [-0.3, -0.25) is 9.89 Å². The molecule has 126 valence electrons. The Balaban J connectivity index is 1.45. The SMILES string of the molecule is CC(NCCn1ncc2ccccc2c1=O)c1ccc2[nH]ncc2c1. The van der Waals surface area contributed by atoms with Gasteiger partial charge in [0.15, 0.2) is 0 Å². The van der Waals surface area contributed by atoms with Crippen molar-refractivity contribution in [3.8, 4) is 0 Å². The van der Waals surface area contributed by atoms with Gasteiger partial charge in [0.2, 0.25) is 0 Å². The average molecular weight is 333 g/mol. The van der Waals surface area contributed by atoms with Crippen molar-refractivity contribution in [2.75, 3.05) is 6.54 Å². The highest BCUT2D eigenvalue weighted by atomic mass is 16.1. The number of rotatable bonds is 5. The number of aromatic amines is 1. The third-order valence-corrected chi connectivity index (χ3v) is 4.50. The Morgan fingerprint density at radius 3 is 2.96 bits per heavy atom. The van der Waals surface area contributed by atoms with E-state index in [9.17, 15) is 4.79 Å². The van der Waals surface area contributed by atoms with Crippen LogP contribution in [0.4, 0.5) is 0 Å². The van der Waals surface area contributed by atoms with E-state index in [2.05, 4.69) is 39.7 Å². The fourth-order valence-corrected chi connectivity index (χ4v) is 3.02. The predicted molar refractivity (Wildman–Crippen MR) is 98.5 cm³/mol. The summed E-state index contributed by atoms with van der Waals surface area (Å²) in [5, 5.41) is 17.4. The van der Waals surface area contributed by atoms with Crippen molar-refractivity contribution >= 4 is 21.7 Å². The van der Waals surface area contributed by atoms with Crippen LogP contribution in [0.5, 0.6) is 0 Å². The van der Waals surface area contributed by atoms with Gasteiger partial charge < -0.3 is 5.32 Å². The number of hydrogen-bond acceptors (Lipinski definition) is 4. The van der Waals surface area contributed by atoms with Crippen molar-refractivity contribution in [2.45, 2.75) is 19.5 Å². The van der Waals surface area contributed by atoms with Crippen molar-refractivity contribution in [1.82, 2.24) is 25.3 Å². The molecule has 0 spiro atoms. The summed E-state index contributed by atoms with van der Waals surface area (Å²) in [6.07, 6.45) is 3.57. The Morgan fingerprint density at radius 1 is 1.16 bits per heavy atom. The molecule has 2 aromatic carbocycles. The number of H-pyrrole nitrogens is 1. The largest absolute Gasteiger partial charge is 0.308 e. The lowest BCUT2D eigenvalue weighted by Gasteiger charge is -2.15. The van der Waals surface area contributed by atoms with Crippen LogP contribution in [0.25, 0.3) is 21.7 Å². The fraction of sp³-hybridized carbons (Fsp3) is 0.211. The highest BCUT2D eigenvalue weighted by molar-refractivity contribution is 5.80. The first-order valence-corrected chi connectivity index (χ1v) is 8.33. The van der Waals surface area contributed by atoms with Crippen LogP contribution in [-0.4, -0.2) is 26.5 Å². The molecule has 0 saturated heterocycles. The summed E-state index contributed by atoms with van der Waals surface area (Å²) in [4.78, 5) is 12.5. The minimum atomic E-state index is -0.0487. The summed E-state index contributed by atoms with van der Waals surface area (Å²) in [7, 11) is 0. The summed E-state index contributed by atoms with van der Waals surface area (Å²) in [6, 6.07) is 13.9. The maximum atomic E-state index is 12.5. The van der Waals surface area contributed by atoms with Crippen molar-refractivity contribution < 1.29 is 0 Å². The van der Waals surface area contributed by atoms with Gasteiger partial charge in [-0.25, -0.2) is 4.68 Å². The molecule has 0 aliphatic rings. The van der Waals surface area contributed by atoms with Crippen LogP contribution in [0.15, 0.2) is 59.7 Å². The molecule has 2 aromatic heterocycles. The van der Waals surface area contributed by atoms with Gasteiger partial charge in [0, 0.05) is 23.4 Å². The molecule has 0 amide bonds. The van der Waals surface area contributed by atoms with Crippen molar-refractivity contribution in [2.24, 2.45) is 0 Å². The zero-order valence-corrected chi connectivity index (χ0v) is 13.9. The van der Waals surface area contributed by atoms with Crippen molar-refractivity contribution in [3.05, 3.63) is 70.8 Å². The van der Waals surface area contributed by atoms with Crippen LogP contribution in [0.2, 0.25) is 0 Å². The summed E-state index contributed by atoms with van der Waals surface area (Å²) in [5.41, 5.74) is 2.17. The second-order valence-electron chi connectivity index (χ2n) is 6.15. The third kappa shape index (κ3) is 3.04. The topological polar surface area (TPSA) is 75.6 Å². The number of fused-ring (bicyclic) bond motifs is 2. The molecule has 2 heterocycles. The van der Waals surface area contributed by atoms with Crippen molar-refractivity contribution in [3.63, 3.8) is 0 Å². The first-order chi connectivity index (χ1) is 12.2. The molecule has 6 nitrogen and oxygen atoms in total. The van der Waals surface area contributed by atoms with Gasteiger partial charge in [0.05, 0.1) is 29.8 Å². The lowest BCUT2D eigenvalue weighted by atomic mass is 10.1.